The van der Waals surface area contributed by atoms with Crippen LogP contribution in [0, 0.1) is 5.82 Å². The maximum atomic E-state index is 15.0. The molecule has 0 spiro atoms. The Morgan fingerprint density at radius 2 is 1.96 bits per heavy atom. The van der Waals surface area contributed by atoms with E-state index in [0.29, 0.717) is 55.7 Å². The van der Waals surface area contributed by atoms with E-state index in [9.17, 15) is 14.0 Å². The van der Waals surface area contributed by atoms with Crippen molar-refractivity contribution in [2.75, 3.05) is 30.5 Å². The average molecular weight is 624 g/mol. The summed E-state index contributed by atoms with van der Waals surface area (Å²) >= 11 is 0. The molecule has 0 radical (unpaired) electrons. The van der Waals surface area contributed by atoms with Crippen molar-refractivity contribution in [1.82, 2.24) is 24.9 Å². The van der Waals surface area contributed by atoms with E-state index in [1.165, 1.54) is 23.0 Å². The van der Waals surface area contributed by atoms with Crippen LogP contribution in [-0.4, -0.2) is 64.7 Å². The third kappa shape index (κ3) is 5.19. The van der Waals surface area contributed by atoms with Crippen molar-refractivity contribution in [2.45, 2.75) is 38.0 Å². The smallest absolute Gasteiger partial charge is 0.271 e. The molecule has 7 rings (SSSR count). The van der Waals surface area contributed by atoms with Gasteiger partial charge in [-0.15, -0.1) is 5.10 Å². The summed E-state index contributed by atoms with van der Waals surface area (Å²) < 4.78 is 35.9. The van der Waals surface area contributed by atoms with Crippen molar-refractivity contribution < 1.29 is 23.1 Å². The number of amides is 1. The highest BCUT2D eigenvalue weighted by Gasteiger charge is 2.33. The summed E-state index contributed by atoms with van der Waals surface area (Å²) in [5.41, 5.74) is 5.14. The molecule has 1 amide bonds. The molecule has 3 aromatic heterocycles. The van der Waals surface area contributed by atoms with Crippen molar-refractivity contribution in [3.63, 3.8) is 0 Å². The Balaban J connectivity index is 1.30. The molecule has 10 nitrogen and oxygen atoms in total. The zero-order valence-corrected chi connectivity index (χ0v) is 25.3. The second kappa shape index (κ2) is 11.8. The summed E-state index contributed by atoms with van der Waals surface area (Å²) in [4.78, 5) is 37.4. The molecular formula is C34H31F2N7O3. The molecular weight excluding hydrogens is 592 g/mol. The first-order valence-electron chi connectivity index (χ1n) is 15.0. The van der Waals surface area contributed by atoms with E-state index in [1.54, 1.807) is 7.11 Å². The van der Waals surface area contributed by atoms with Gasteiger partial charge in [-0.05, 0) is 54.7 Å². The summed E-state index contributed by atoms with van der Waals surface area (Å²) in [5, 5.41) is 7.66. The number of pyridine rings is 1. The van der Waals surface area contributed by atoms with Gasteiger partial charge in [0.1, 0.15) is 23.4 Å². The quantitative estimate of drug-likeness (QED) is 0.220. The van der Waals surface area contributed by atoms with Crippen LogP contribution in [0.1, 0.15) is 44.8 Å². The van der Waals surface area contributed by atoms with Crippen LogP contribution in [0.25, 0.3) is 16.9 Å². The number of carbonyl (C=O) groups excluding carboxylic acids is 2. The Morgan fingerprint density at radius 1 is 1.13 bits per heavy atom. The first kappa shape index (κ1) is 29.3. The number of imidazole rings is 1. The predicted octanol–water partition coefficient (Wildman–Crippen LogP) is 5.31. The van der Waals surface area contributed by atoms with Crippen LogP contribution < -0.4 is 19.9 Å². The van der Waals surface area contributed by atoms with Crippen molar-refractivity contribution in [3.05, 3.63) is 95.2 Å². The fourth-order valence-electron chi connectivity index (χ4n) is 6.07. The zero-order chi connectivity index (χ0) is 31.9. The van der Waals surface area contributed by atoms with Crippen LogP contribution in [0.2, 0.25) is 0 Å². The number of aldehydes is 1. The highest BCUT2D eigenvalue weighted by Crippen LogP contribution is 2.41. The van der Waals surface area contributed by atoms with Crippen LogP contribution >= 0.6 is 0 Å². The molecule has 1 N–H and O–H groups in total. The number of halogens is 2. The van der Waals surface area contributed by atoms with Crippen LogP contribution in [0.3, 0.4) is 0 Å². The molecule has 234 valence electrons. The summed E-state index contributed by atoms with van der Waals surface area (Å²) in [6.45, 7) is 1.08. The highest BCUT2D eigenvalue weighted by atomic mass is 19.1. The Kier molecular flexibility index (Phi) is 7.55. The fraction of sp³-hybridized carbons (Fsp3) is 0.265. The van der Waals surface area contributed by atoms with Gasteiger partial charge in [-0.1, -0.05) is 24.3 Å². The van der Waals surface area contributed by atoms with Crippen LogP contribution in [-0.2, 0) is 13.0 Å². The van der Waals surface area contributed by atoms with E-state index in [0.717, 1.165) is 28.3 Å². The van der Waals surface area contributed by atoms with Gasteiger partial charge < -0.3 is 19.9 Å². The molecule has 1 aliphatic heterocycles. The molecule has 5 aromatic rings. The standard InChI is InChI=1S/C34H31F2N7O3/c1-41(18-20-6-8-22(46-2)9-7-20)29-15-31(40-43-30(17-38-33(29)43)34(45)39-27-11-10-25(27)35)42-13-12-23-24(4-3-5-28(23)42)32-26(36)14-21(19-44)16-37-32/h3-9,14-17,19,25,27H,10-13,18H2,1-2H3,(H,39,45)/t25-,27-/m1/s1. The lowest BCUT2D eigenvalue weighted by Gasteiger charge is -2.30. The van der Waals surface area contributed by atoms with Gasteiger partial charge in [0, 0.05) is 49.2 Å². The van der Waals surface area contributed by atoms with Crippen LogP contribution in [0.4, 0.5) is 26.0 Å². The van der Waals surface area contributed by atoms with Gasteiger partial charge in [0.25, 0.3) is 5.91 Å². The number of anilines is 3. The van der Waals surface area contributed by atoms with E-state index >= 15 is 4.39 Å². The number of fused-ring (bicyclic) bond motifs is 2. The number of benzene rings is 2. The number of aromatic nitrogens is 4. The Bertz CT molecular complexity index is 1960. The average Bonchev–Trinajstić information content (AvgIpc) is 3.71. The second-order valence-electron chi connectivity index (χ2n) is 11.6. The normalized spacial score (nSPS) is 17.0. The molecule has 1 aliphatic carbocycles. The molecule has 46 heavy (non-hydrogen) atoms. The van der Waals surface area contributed by atoms with E-state index < -0.39 is 23.9 Å². The number of carbonyl (C=O) groups is 2. The van der Waals surface area contributed by atoms with Gasteiger partial charge in [0.05, 0.1) is 25.0 Å². The topological polar surface area (TPSA) is 105 Å². The van der Waals surface area contributed by atoms with Gasteiger partial charge in [-0.3, -0.25) is 14.6 Å². The molecule has 0 bridgehead atoms. The number of hydrogen-bond acceptors (Lipinski definition) is 8. The van der Waals surface area contributed by atoms with Gasteiger partial charge in [0.2, 0.25) is 0 Å². The van der Waals surface area contributed by atoms with Crippen molar-refractivity contribution in [1.29, 1.82) is 0 Å². The van der Waals surface area contributed by atoms with E-state index in [1.807, 2.05) is 65.4 Å². The lowest BCUT2D eigenvalue weighted by molar-refractivity contribution is 0.0817. The fourth-order valence-corrected chi connectivity index (χ4v) is 6.07. The molecule has 2 atom stereocenters. The minimum absolute atomic E-state index is 0.166. The van der Waals surface area contributed by atoms with Crippen LogP contribution in [0.5, 0.6) is 5.75 Å². The van der Waals surface area contributed by atoms with Gasteiger partial charge >= 0.3 is 0 Å². The first-order valence-corrected chi connectivity index (χ1v) is 15.0. The number of nitrogens with one attached hydrogen (secondary N) is 1. The predicted molar refractivity (Wildman–Crippen MR) is 169 cm³/mol. The van der Waals surface area contributed by atoms with E-state index in [4.69, 9.17) is 9.84 Å². The van der Waals surface area contributed by atoms with E-state index in [-0.39, 0.29) is 17.0 Å². The van der Waals surface area contributed by atoms with Crippen LogP contribution in [0.15, 0.2) is 67.0 Å². The summed E-state index contributed by atoms with van der Waals surface area (Å²) in [6, 6.07) is 15.9. The van der Waals surface area contributed by atoms with Crippen molar-refractivity contribution >= 4 is 35.0 Å². The largest absolute Gasteiger partial charge is 0.497 e. The molecule has 4 heterocycles. The number of nitrogens with zero attached hydrogens (tertiary/aromatic N) is 6. The van der Waals surface area contributed by atoms with Gasteiger partial charge in [0.15, 0.2) is 23.4 Å². The Labute approximate surface area is 263 Å². The first-order chi connectivity index (χ1) is 22.3. The van der Waals surface area contributed by atoms with Gasteiger partial charge in [-0.25, -0.2) is 18.3 Å². The number of hydrogen-bond donors (Lipinski definition) is 1. The number of alkyl halides is 1. The molecule has 0 saturated heterocycles. The summed E-state index contributed by atoms with van der Waals surface area (Å²) in [5.74, 6) is 0.295. The lowest BCUT2D eigenvalue weighted by Crippen LogP contribution is -2.48. The maximum absolute atomic E-state index is 15.0. The minimum atomic E-state index is -1.07. The highest BCUT2D eigenvalue weighted by molar-refractivity contribution is 5.94. The Morgan fingerprint density at radius 3 is 2.65 bits per heavy atom. The molecule has 2 aromatic carbocycles. The molecule has 1 saturated carbocycles. The van der Waals surface area contributed by atoms with Crippen molar-refractivity contribution in [3.8, 4) is 17.0 Å². The lowest BCUT2D eigenvalue weighted by atomic mass is 9.90. The monoisotopic (exact) mass is 623 g/mol. The SMILES string of the molecule is COc1ccc(CN(C)c2cc(N3CCc4c(-c5ncc(C=O)cc5F)cccc43)nn3c(C(=O)N[C@@H]4CC[C@H]4F)cnc23)cc1. The maximum Gasteiger partial charge on any atom is 0.271 e. The molecule has 12 heteroatoms. The summed E-state index contributed by atoms with van der Waals surface area (Å²) in [7, 11) is 3.56. The second-order valence-corrected chi connectivity index (χ2v) is 11.6. The molecule has 2 aliphatic rings. The number of rotatable bonds is 9. The number of methoxy groups -OCH3 is 1. The minimum Gasteiger partial charge on any atom is -0.497 e. The zero-order valence-electron chi connectivity index (χ0n) is 25.3. The summed E-state index contributed by atoms with van der Waals surface area (Å²) in [6.07, 6.45) is 3.92. The van der Waals surface area contributed by atoms with Crippen molar-refractivity contribution in [2.24, 2.45) is 0 Å². The Hall–Kier alpha value is -5.39. The van der Waals surface area contributed by atoms with Gasteiger partial charge in [-0.2, -0.15) is 0 Å². The molecule has 0 unspecified atom stereocenters. The third-order valence-electron chi connectivity index (χ3n) is 8.72. The van der Waals surface area contributed by atoms with E-state index in [2.05, 4.69) is 15.3 Å². The molecule has 1 fully saturated rings. The number of ether oxygens (including phenoxy) is 1. The third-order valence-corrected chi connectivity index (χ3v) is 8.72.